The van der Waals surface area contributed by atoms with Gasteiger partial charge in [0, 0.05) is 0 Å². The SMILES string of the molecule is Nc1ccc(C23CC4CC(CC(C4)C2)C3)c(C(=O)O)n1. The number of carboxylic acid groups (broad SMARTS) is 1. The number of nitrogens with two attached hydrogens (primary N) is 1. The number of hydrogen-bond donors (Lipinski definition) is 2. The van der Waals surface area contributed by atoms with Gasteiger partial charge in [0.15, 0.2) is 5.69 Å². The summed E-state index contributed by atoms with van der Waals surface area (Å²) >= 11 is 0. The highest BCUT2D eigenvalue weighted by atomic mass is 16.4. The first-order chi connectivity index (χ1) is 9.56. The summed E-state index contributed by atoms with van der Waals surface area (Å²) in [5, 5.41) is 9.47. The molecular formula is C16H20N2O2. The summed E-state index contributed by atoms with van der Waals surface area (Å²) in [7, 11) is 0. The van der Waals surface area contributed by atoms with Crippen molar-refractivity contribution in [2.75, 3.05) is 5.73 Å². The molecular weight excluding hydrogens is 252 g/mol. The van der Waals surface area contributed by atoms with Crippen LogP contribution in [-0.4, -0.2) is 16.1 Å². The van der Waals surface area contributed by atoms with Gasteiger partial charge in [0.1, 0.15) is 5.82 Å². The number of pyridine rings is 1. The number of anilines is 1. The number of hydrogen-bond acceptors (Lipinski definition) is 3. The predicted molar refractivity (Wildman–Crippen MR) is 75.5 cm³/mol. The molecule has 0 amide bonds. The molecule has 0 atom stereocenters. The number of nitrogen functional groups attached to an aromatic ring is 1. The van der Waals surface area contributed by atoms with Gasteiger partial charge in [-0.1, -0.05) is 6.07 Å². The standard InChI is InChI=1S/C16H20N2O2/c17-13-2-1-12(14(18-13)15(19)20)16-6-9-3-10(7-16)5-11(4-9)8-16/h1-2,9-11H,3-8H2,(H2,17,18)(H,19,20). The van der Waals surface area contributed by atoms with Crippen LogP contribution < -0.4 is 5.73 Å². The highest BCUT2D eigenvalue weighted by molar-refractivity contribution is 5.88. The van der Waals surface area contributed by atoms with Crippen LogP contribution in [0.15, 0.2) is 12.1 Å². The van der Waals surface area contributed by atoms with Crippen molar-refractivity contribution in [2.24, 2.45) is 17.8 Å². The van der Waals surface area contributed by atoms with Gasteiger partial charge in [0.25, 0.3) is 0 Å². The Hall–Kier alpha value is -1.58. The lowest BCUT2D eigenvalue weighted by atomic mass is 9.48. The van der Waals surface area contributed by atoms with E-state index in [0.29, 0.717) is 5.82 Å². The van der Waals surface area contributed by atoms with Crippen LogP contribution in [0.5, 0.6) is 0 Å². The molecule has 5 rings (SSSR count). The first-order valence-corrected chi connectivity index (χ1v) is 7.56. The van der Waals surface area contributed by atoms with E-state index in [1.165, 1.54) is 19.3 Å². The Bertz CT molecular complexity index is 547. The Balaban J connectivity index is 1.83. The molecule has 0 aromatic carbocycles. The van der Waals surface area contributed by atoms with Crippen molar-refractivity contribution in [3.63, 3.8) is 0 Å². The zero-order chi connectivity index (χ0) is 13.9. The topological polar surface area (TPSA) is 76.2 Å². The zero-order valence-electron chi connectivity index (χ0n) is 11.5. The molecule has 4 bridgehead atoms. The van der Waals surface area contributed by atoms with Gasteiger partial charge in [-0.05, 0) is 73.3 Å². The molecule has 3 N–H and O–H groups in total. The van der Waals surface area contributed by atoms with E-state index in [9.17, 15) is 9.90 Å². The minimum atomic E-state index is -0.942. The number of carboxylic acids is 1. The lowest BCUT2D eigenvalue weighted by Gasteiger charge is -2.57. The molecule has 0 unspecified atom stereocenters. The lowest BCUT2D eigenvalue weighted by Crippen LogP contribution is -2.49. The first-order valence-electron chi connectivity index (χ1n) is 7.56. The maximum atomic E-state index is 11.5. The van der Waals surface area contributed by atoms with Crippen LogP contribution in [0.4, 0.5) is 5.82 Å². The van der Waals surface area contributed by atoms with Crippen molar-refractivity contribution in [2.45, 2.75) is 43.9 Å². The van der Waals surface area contributed by atoms with Crippen LogP contribution in [0, 0.1) is 17.8 Å². The average molecular weight is 272 g/mol. The Morgan fingerprint density at radius 3 is 2.20 bits per heavy atom. The Morgan fingerprint density at radius 1 is 1.15 bits per heavy atom. The van der Waals surface area contributed by atoms with E-state index in [1.54, 1.807) is 6.07 Å². The number of aromatic nitrogens is 1. The Labute approximate surface area is 118 Å². The molecule has 1 aromatic rings. The third-order valence-corrected chi connectivity index (χ3v) is 5.73. The highest BCUT2D eigenvalue weighted by Gasteiger charge is 2.52. The molecule has 4 fully saturated rings. The van der Waals surface area contributed by atoms with Gasteiger partial charge in [-0.15, -0.1) is 0 Å². The highest BCUT2D eigenvalue weighted by Crippen LogP contribution is 2.61. The second-order valence-electron chi connectivity index (χ2n) is 7.14. The summed E-state index contributed by atoms with van der Waals surface area (Å²) in [5.74, 6) is 1.74. The first kappa shape index (κ1) is 12.2. The molecule has 0 aliphatic heterocycles. The smallest absolute Gasteiger partial charge is 0.354 e. The third kappa shape index (κ3) is 1.67. The number of aromatic carboxylic acids is 1. The van der Waals surface area contributed by atoms with Gasteiger partial charge in [-0.2, -0.15) is 0 Å². The van der Waals surface area contributed by atoms with Gasteiger partial charge >= 0.3 is 5.97 Å². The number of nitrogens with zero attached hydrogens (tertiary/aromatic N) is 1. The van der Waals surface area contributed by atoms with E-state index < -0.39 is 5.97 Å². The van der Waals surface area contributed by atoms with Gasteiger partial charge in [0.2, 0.25) is 0 Å². The molecule has 4 saturated carbocycles. The van der Waals surface area contributed by atoms with Crippen LogP contribution in [-0.2, 0) is 5.41 Å². The summed E-state index contributed by atoms with van der Waals surface area (Å²) < 4.78 is 0. The second kappa shape index (κ2) is 3.96. The quantitative estimate of drug-likeness (QED) is 0.868. The minimum Gasteiger partial charge on any atom is -0.477 e. The van der Waals surface area contributed by atoms with Crippen LogP contribution in [0.1, 0.15) is 54.6 Å². The van der Waals surface area contributed by atoms with E-state index in [0.717, 1.165) is 42.6 Å². The van der Waals surface area contributed by atoms with Gasteiger partial charge in [-0.3, -0.25) is 0 Å². The van der Waals surface area contributed by atoms with Gasteiger partial charge in [0.05, 0.1) is 0 Å². The van der Waals surface area contributed by atoms with E-state index in [2.05, 4.69) is 4.98 Å². The number of carbonyl (C=O) groups is 1. The fourth-order valence-corrected chi connectivity index (χ4v) is 5.51. The normalized spacial score (nSPS) is 38.1. The fraction of sp³-hybridized carbons (Fsp3) is 0.625. The van der Waals surface area contributed by atoms with Crippen molar-refractivity contribution in [3.05, 3.63) is 23.4 Å². The second-order valence-corrected chi connectivity index (χ2v) is 7.14. The van der Waals surface area contributed by atoms with E-state index >= 15 is 0 Å². The van der Waals surface area contributed by atoms with E-state index in [1.807, 2.05) is 6.07 Å². The van der Waals surface area contributed by atoms with Gasteiger partial charge in [-0.25, -0.2) is 9.78 Å². The largest absolute Gasteiger partial charge is 0.477 e. The minimum absolute atomic E-state index is 0.0587. The monoisotopic (exact) mass is 272 g/mol. The molecule has 0 spiro atoms. The molecule has 20 heavy (non-hydrogen) atoms. The van der Waals surface area contributed by atoms with Crippen molar-refractivity contribution < 1.29 is 9.90 Å². The molecule has 0 saturated heterocycles. The predicted octanol–water partition coefficient (Wildman–Crippen LogP) is 2.83. The van der Waals surface area contributed by atoms with E-state index in [-0.39, 0.29) is 11.1 Å². The molecule has 106 valence electrons. The van der Waals surface area contributed by atoms with Crippen LogP contribution in [0.2, 0.25) is 0 Å². The van der Waals surface area contributed by atoms with Gasteiger partial charge < -0.3 is 10.8 Å². The summed E-state index contributed by atoms with van der Waals surface area (Å²) in [6.45, 7) is 0. The van der Waals surface area contributed by atoms with Crippen molar-refractivity contribution in [1.29, 1.82) is 0 Å². The van der Waals surface area contributed by atoms with Crippen molar-refractivity contribution >= 4 is 11.8 Å². The molecule has 0 radical (unpaired) electrons. The maximum absolute atomic E-state index is 11.5. The van der Waals surface area contributed by atoms with Crippen molar-refractivity contribution in [3.8, 4) is 0 Å². The number of rotatable bonds is 2. The molecule has 4 aliphatic rings. The fourth-order valence-electron chi connectivity index (χ4n) is 5.51. The maximum Gasteiger partial charge on any atom is 0.354 e. The molecule has 4 heteroatoms. The molecule has 1 aromatic heterocycles. The zero-order valence-corrected chi connectivity index (χ0v) is 11.5. The Kier molecular flexibility index (Phi) is 2.41. The molecule has 4 aliphatic carbocycles. The summed E-state index contributed by atoms with van der Waals surface area (Å²) in [4.78, 5) is 15.7. The third-order valence-electron chi connectivity index (χ3n) is 5.73. The van der Waals surface area contributed by atoms with E-state index in [4.69, 9.17) is 5.73 Å². The average Bonchev–Trinajstić information content (AvgIpc) is 2.36. The summed E-state index contributed by atoms with van der Waals surface area (Å²) in [6, 6.07) is 3.69. The summed E-state index contributed by atoms with van der Waals surface area (Å²) in [5.41, 5.74) is 6.87. The molecule has 4 nitrogen and oxygen atoms in total. The summed E-state index contributed by atoms with van der Waals surface area (Å²) in [6.07, 6.45) is 7.48. The van der Waals surface area contributed by atoms with Crippen LogP contribution in [0.3, 0.4) is 0 Å². The van der Waals surface area contributed by atoms with Crippen LogP contribution >= 0.6 is 0 Å². The van der Waals surface area contributed by atoms with Crippen molar-refractivity contribution in [1.82, 2.24) is 4.98 Å². The lowest BCUT2D eigenvalue weighted by molar-refractivity contribution is -0.00601. The Morgan fingerprint density at radius 2 is 1.70 bits per heavy atom. The molecule has 1 heterocycles. The van der Waals surface area contributed by atoms with Crippen LogP contribution in [0.25, 0.3) is 0 Å².